The maximum Gasteiger partial charge on any atom is 0.338 e. The summed E-state index contributed by atoms with van der Waals surface area (Å²) in [6, 6.07) is 13.6. The SMILES string of the molecule is CC[Si](CC)(CC)OC1C[C@@]2(O)[C@@H](OC(=O)c3ccccc3)[C@@H]3[C@]4(OC(C)=O)CO[C@@H]4CC(O[Si](CC)(CC)CC)[C@@]3(C)[C@@H](O)[C@@H](OC(C)=O)C(=C1C)C2(C)C. The van der Waals surface area contributed by atoms with Crippen molar-refractivity contribution in [3.63, 3.8) is 0 Å². The van der Waals surface area contributed by atoms with Gasteiger partial charge in [0.05, 0.1) is 30.3 Å². The molecule has 0 amide bonds. The normalized spacial score (nSPS) is 35.2. The lowest BCUT2D eigenvalue weighted by Gasteiger charge is -2.70. The summed E-state index contributed by atoms with van der Waals surface area (Å²) in [4.78, 5) is 41.0. The first kappa shape index (κ1) is 44.7. The summed E-state index contributed by atoms with van der Waals surface area (Å²) in [7, 11) is -4.81. The molecular formula is C43H68O11Si2. The van der Waals surface area contributed by atoms with Crippen LogP contribution in [0.5, 0.6) is 0 Å². The number of fused-ring (bicyclic) bond motifs is 5. The van der Waals surface area contributed by atoms with Crippen LogP contribution >= 0.6 is 0 Å². The molecule has 3 aliphatic carbocycles. The second-order valence-corrected chi connectivity index (χ2v) is 27.1. The van der Waals surface area contributed by atoms with Crippen molar-refractivity contribution in [3.05, 3.63) is 47.0 Å². The van der Waals surface area contributed by atoms with Crippen LogP contribution in [0, 0.1) is 16.7 Å². The molecule has 0 radical (unpaired) electrons. The molecule has 0 spiro atoms. The zero-order valence-electron chi connectivity index (χ0n) is 35.9. The Hall–Kier alpha value is -2.40. The van der Waals surface area contributed by atoms with E-state index in [-0.39, 0.29) is 25.0 Å². The fourth-order valence-corrected chi connectivity index (χ4v) is 16.8. The fourth-order valence-electron chi connectivity index (χ4n) is 11.0. The third-order valence-electron chi connectivity index (χ3n) is 15.0. The van der Waals surface area contributed by atoms with Crippen LogP contribution in [-0.4, -0.2) is 99.2 Å². The minimum atomic E-state index is -2.45. The molecule has 4 aliphatic rings. The zero-order chi connectivity index (χ0) is 41.6. The van der Waals surface area contributed by atoms with Gasteiger partial charge < -0.3 is 38.0 Å². The van der Waals surface area contributed by atoms with Crippen molar-refractivity contribution in [1.29, 1.82) is 0 Å². The zero-order valence-corrected chi connectivity index (χ0v) is 37.9. The maximum atomic E-state index is 14.5. The molecule has 13 heteroatoms. The Morgan fingerprint density at radius 3 is 1.88 bits per heavy atom. The highest BCUT2D eigenvalue weighted by molar-refractivity contribution is 6.74. The van der Waals surface area contributed by atoms with E-state index < -0.39 is 99.1 Å². The van der Waals surface area contributed by atoms with Crippen LogP contribution in [0.3, 0.4) is 0 Å². The molecule has 1 heterocycles. The molecule has 1 aliphatic heterocycles. The van der Waals surface area contributed by atoms with Crippen molar-refractivity contribution in [2.75, 3.05) is 6.61 Å². The van der Waals surface area contributed by atoms with Gasteiger partial charge in [0.2, 0.25) is 0 Å². The molecule has 2 bridgehead atoms. The van der Waals surface area contributed by atoms with Gasteiger partial charge in [-0.1, -0.05) is 80.5 Å². The van der Waals surface area contributed by atoms with Gasteiger partial charge in [0.25, 0.3) is 0 Å². The first-order chi connectivity index (χ1) is 26.3. The average molecular weight is 817 g/mol. The summed E-state index contributed by atoms with van der Waals surface area (Å²) in [6.07, 6.45) is -5.88. The first-order valence-electron chi connectivity index (χ1n) is 21.0. The molecule has 56 heavy (non-hydrogen) atoms. The predicted octanol–water partition coefficient (Wildman–Crippen LogP) is 7.50. The van der Waals surface area contributed by atoms with E-state index in [0.717, 1.165) is 41.8 Å². The van der Waals surface area contributed by atoms with Crippen LogP contribution in [0.4, 0.5) is 0 Å². The Kier molecular flexibility index (Phi) is 13.0. The van der Waals surface area contributed by atoms with Gasteiger partial charge in [-0.3, -0.25) is 9.59 Å². The van der Waals surface area contributed by atoms with E-state index in [1.165, 1.54) is 13.8 Å². The summed E-state index contributed by atoms with van der Waals surface area (Å²) < 4.78 is 40.4. The topological polar surface area (TPSA) is 147 Å². The van der Waals surface area contributed by atoms with E-state index in [1.54, 1.807) is 30.3 Å². The van der Waals surface area contributed by atoms with E-state index in [4.69, 9.17) is 27.8 Å². The Morgan fingerprint density at radius 2 is 1.39 bits per heavy atom. The minimum Gasteiger partial charge on any atom is -0.455 e. The monoisotopic (exact) mass is 816 g/mol. The van der Waals surface area contributed by atoms with Crippen LogP contribution in [0.2, 0.25) is 36.3 Å². The third kappa shape index (κ3) is 7.08. The van der Waals surface area contributed by atoms with Gasteiger partial charge in [0.1, 0.15) is 23.9 Å². The predicted molar refractivity (Wildman–Crippen MR) is 218 cm³/mol. The molecule has 10 atom stereocenters. The summed E-state index contributed by atoms with van der Waals surface area (Å²) in [5, 5.41) is 27.4. The van der Waals surface area contributed by atoms with Crippen LogP contribution in [0.15, 0.2) is 41.5 Å². The molecule has 2 saturated carbocycles. The minimum absolute atomic E-state index is 0.0387. The maximum absolute atomic E-state index is 14.5. The van der Waals surface area contributed by atoms with Gasteiger partial charge in [0.15, 0.2) is 28.3 Å². The molecule has 2 N–H and O–H groups in total. The van der Waals surface area contributed by atoms with Crippen molar-refractivity contribution < 1.29 is 52.4 Å². The van der Waals surface area contributed by atoms with Crippen LogP contribution in [0.1, 0.15) is 106 Å². The van der Waals surface area contributed by atoms with E-state index in [9.17, 15) is 24.6 Å². The Balaban J connectivity index is 1.91. The first-order valence-corrected chi connectivity index (χ1v) is 26.0. The number of aliphatic hydroxyl groups is 2. The highest BCUT2D eigenvalue weighted by atomic mass is 28.4. The molecule has 1 aromatic rings. The fraction of sp³-hybridized carbons (Fsp3) is 0.744. The Bertz CT molecular complexity index is 1620. The summed E-state index contributed by atoms with van der Waals surface area (Å²) in [5.41, 5.74) is -4.49. The van der Waals surface area contributed by atoms with Crippen LogP contribution in [0.25, 0.3) is 0 Å². The highest BCUT2D eigenvalue weighted by Crippen LogP contribution is 2.66. The largest absolute Gasteiger partial charge is 0.455 e. The van der Waals surface area contributed by atoms with Gasteiger partial charge in [-0.05, 0) is 66.5 Å². The molecular weight excluding hydrogens is 749 g/mol. The second-order valence-electron chi connectivity index (χ2n) is 17.6. The molecule has 5 rings (SSSR count). The number of rotatable bonds is 14. The standard InChI is InChI=1S/C43H68O11Si2/c1-13-55(14-2,15-3)53-31-25-43(48)38(51-39(47)30-22-20-19-21-23-30)36-41(12,37(46)35(50-28(8)44)34(27(31)7)40(43,10)11)32(54-56(16-4,17-5)18-6)24-33-42(36,26-49-33)52-29(9)45/h19-23,31-33,35-38,46,48H,13-18,24-26H2,1-12H3/t31?,32?,33-,35+,36+,37+,38+,41-,42+,43-/m1/s1. The number of carbonyl (C=O) groups excluding carboxylic acids is 3. The van der Waals surface area contributed by atoms with Crippen molar-refractivity contribution >= 4 is 34.5 Å². The molecule has 11 nitrogen and oxygen atoms in total. The van der Waals surface area contributed by atoms with E-state index in [2.05, 4.69) is 41.5 Å². The lowest BCUT2D eigenvalue weighted by atomic mass is 9.44. The molecule has 0 aromatic heterocycles. The number of ether oxygens (including phenoxy) is 4. The Morgan fingerprint density at radius 1 is 0.839 bits per heavy atom. The lowest BCUT2D eigenvalue weighted by Crippen LogP contribution is -2.83. The average Bonchev–Trinajstić information content (AvgIpc) is 3.16. The van der Waals surface area contributed by atoms with Crippen molar-refractivity contribution in [3.8, 4) is 0 Å². The number of hydrogen-bond donors (Lipinski definition) is 2. The quantitative estimate of drug-likeness (QED) is 0.0833. The molecule has 1 aromatic carbocycles. The number of benzene rings is 1. The second kappa shape index (κ2) is 16.3. The molecule has 2 unspecified atom stereocenters. The number of carbonyl (C=O) groups is 3. The van der Waals surface area contributed by atoms with Gasteiger partial charge in [-0.15, -0.1) is 0 Å². The van der Waals surface area contributed by atoms with Crippen LogP contribution in [-0.2, 0) is 37.4 Å². The van der Waals surface area contributed by atoms with Crippen LogP contribution < -0.4 is 0 Å². The van der Waals surface area contributed by atoms with Gasteiger partial charge in [-0.25, -0.2) is 4.79 Å². The van der Waals surface area contributed by atoms with E-state index in [1.807, 2.05) is 27.7 Å². The smallest absolute Gasteiger partial charge is 0.338 e. The molecule has 3 fully saturated rings. The van der Waals surface area contributed by atoms with E-state index >= 15 is 0 Å². The van der Waals surface area contributed by atoms with Gasteiger partial charge >= 0.3 is 17.9 Å². The Labute approximate surface area is 336 Å². The summed E-state index contributed by atoms with van der Waals surface area (Å²) in [5.74, 6) is -2.94. The molecule has 1 saturated heterocycles. The van der Waals surface area contributed by atoms with Gasteiger partial charge in [-0.2, -0.15) is 0 Å². The number of esters is 3. The summed E-state index contributed by atoms with van der Waals surface area (Å²) in [6.45, 7) is 22.9. The van der Waals surface area contributed by atoms with Crippen molar-refractivity contribution in [2.24, 2.45) is 16.7 Å². The van der Waals surface area contributed by atoms with E-state index in [0.29, 0.717) is 5.57 Å². The third-order valence-corrected chi connectivity index (χ3v) is 24.3. The summed E-state index contributed by atoms with van der Waals surface area (Å²) >= 11 is 0. The van der Waals surface area contributed by atoms with Crippen molar-refractivity contribution in [2.45, 2.75) is 180 Å². The van der Waals surface area contributed by atoms with Gasteiger partial charge in [0, 0.05) is 37.5 Å². The molecule has 314 valence electrons. The highest BCUT2D eigenvalue weighted by Gasteiger charge is 2.78. The lowest BCUT2D eigenvalue weighted by molar-refractivity contribution is -0.363. The number of hydrogen-bond acceptors (Lipinski definition) is 11. The van der Waals surface area contributed by atoms with Crippen molar-refractivity contribution in [1.82, 2.24) is 0 Å². The number of aliphatic hydroxyl groups excluding tert-OH is 1.